The van der Waals surface area contributed by atoms with Crippen LogP contribution in [0.1, 0.15) is 53.2 Å². The van der Waals surface area contributed by atoms with Gasteiger partial charge in [0.2, 0.25) is 11.1 Å². The Morgan fingerprint density at radius 3 is 1.93 bits per heavy atom. The van der Waals surface area contributed by atoms with Crippen LogP contribution in [0.2, 0.25) is 0 Å². The minimum absolute atomic E-state index is 0.0386. The van der Waals surface area contributed by atoms with Crippen molar-refractivity contribution in [1.82, 2.24) is 4.98 Å². The number of hydrogen-bond acceptors (Lipinski definition) is 9. The lowest BCUT2D eigenvalue weighted by Gasteiger charge is -2.34. The molecule has 1 atom stereocenters. The molecule has 2 N–H and O–H groups in total. The number of nitrogens with zero attached hydrogens (tertiary/aromatic N) is 1. The van der Waals surface area contributed by atoms with Crippen LogP contribution in [0, 0.1) is 0 Å². The van der Waals surface area contributed by atoms with E-state index in [9.17, 15) is 14.4 Å². The number of ether oxygens (including phenoxy) is 4. The number of aromatic nitrogens is 1. The number of nitrogens with two attached hydrogens (primary N) is 1. The van der Waals surface area contributed by atoms with Crippen molar-refractivity contribution >= 4 is 17.9 Å². The molecule has 0 aliphatic rings. The van der Waals surface area contributed by atoms with E-state index in [1.54, 1.807) is 46.8 Å². The molecule has 168 valence electrons. The first-order valence-electron chi connectivity index (χ1n) is 9.80. The molecule has 1 aromatic rings. The third kappa shape index (κ3) is 5.99. The third-order valence-electron chi connectivity index (χ3n) is 4.33. The molecular weight excluding hydrogens is 392 g/mol. The van der Waals surface area contributed by atoms with Gasteiger partial charge in [-0.15, -0.1) is 0 Å². The summed E-state index contributed by atoms with van der Waals surface area (Å²) in [5.41, 5.74) is 1.67. The second-order valence-corrected chi connectivity index (χ2v) is 7.66. The Bertz CT molecular complexity index is 713. The van der Waals surface area contributed by atoms with Crippen molar-refractivity contribution in [3.05, 3.63) is 30.1 Å². The maximum atomic E-state index is 13.0. The van der Waals surface area contributed by atoms with E-state index in [1.165, 1.54) is 19.4 Å². The second-order valence-electron chi connectivity index (χ2n) is 7.66. The fraction of sp³-hybridized carbons (Fsp3) is 0.619. The van der Waals surface area contributed by atoms with E-state index in [0.29, 0.717) is 0 Å². The molecule has 1 aromatic heterocycles. The SMILES string of the molecule is CCOC(=O)C(CCC(N)(OC)C(=O)OC(C)(C)C)(C(=O)OCC)c1ccccn1. The zero-order valence-electron chi connectivity index (χ0n) is 18.5. The van der Waals surface area contributed by atoms with Gasteiger partial charge in [0.05, 0.1) is 18.9 Å². The molecule has 30 heavy (non-hydrogen) atoms. The average Bonchev–Trinajstić information content (AvgIpc) is 2.68. The maximum absolute atomic E-state index is 13.0. The Labute approximate surface area is 177 Å². The Morgan fingerprint density at radius 2 is 1.53 bits per heavy atom. The normalized spacial score (nSPS) is 13.8. The molecule has 0 amide bonds. The van der Waals surface area contributed by atoms with Gasteiger partial charge >= 0.3 is 17.9 Å². The van der Waals surface area contributed by atoms with Crippen LogP contribution in [0.4, 0.5) is 0 Å². The van der Waals surface area contributed by atoms with E-state index in [1.807, 2.05) is 0 Å². The molecule has 0 aliphatic heterocycles. The van der Waals surface area contributed by atoms with Crippen LogP contribution in [0.15, 0.2) is 24.4 Å². The predicted molar refractivity (Wildman–Crippen MR) is 108 cm³/mol. The molecular formula is C21H32N2O7. The topological polar surface area (TPSA) is 127 Å². The van der Waals surface area contributed by atoms with Crippen LogP contribution in [0.5, 0.6) is 0 Å². The van der Waals surface area contributed by atoms with Gasteiger partial charge < -0.3 is 18.9 Å². The largest absolute Gasteiger partial charge is 0.465 e. The molecule has 1 rings (SSSR count). The number of pyridine rings is 1. The molecule has 0 spiro atoms. The van der Waals surface area contributed by atoms with Crippen molar-refractivity contribution in [2.75, 3.05) is 20.3 Å². The first-order valence-corrected chi connectivity index (χ1v) is 9.80. The fourth-order valence-corrected chi connectivity index (χ4v) is 2.77. The molecule has 9 nitrogen and oxygen atoms in total. The van der Waals surface area contributed by atoms with Crippen molar-refractivity contribution in [3.8, 4) is 0 Å². The van der Waals surface area contributed by atoms with Crippen LogP contribution in [-0.2, 0) is 38.7 Å². The van der Waals surface area contributed by atoms with Gasteiger partial charge in [0.1, 0.15) is 5.60 Å². The Hall–Kier alpha value is -2.52. The maximum Gasteiger partial charge on any atom is 0.354 e. The lowest BCUT2D eigenvalue weighted by molar-refractivity contribution is -0.183. The van der Waals surface area contributed by atoms with Crippen LogP contribution in [-0.4, -0.2) is 54.5 Å². The summed E-state index contributed by atoms with van der Waals surface area (Å²) in [5, 5.41) is 0. The van der Waals surface area contributed by atoms with Crippen molar-refractivity contribution in [2.24, 2.45) is 5.73 Å². The number of carbonyl (C=O) groups excluding carboxylic acids is 3. The summed E-state index contributed by atoms with van der Waals surface area (Å²) in [4.78, 5) is 42.9. The first kappa shape index (κ1) is 25.5. The molecule has 0 fully saturated rings. The highest BCUT2D eigenvalue weighted by Gasteiger charge is 2.54. The summed E-state index contributed by atoms with van der Waals surface area (Å²) in [6.07, 6.45) is 0.973. The zero-order chi connectivity index (χ0) is 23.0. The van der Waals surface area contributed by atoms with E-state index in [4.69, 9.17) is 24.7 Å². The number of rotatable bonds is 10. The van der Waals surface area contributed by atoms with Crippen LogP contribution in [0.25, 0.3) is 0 Å². The highest BCUT2D eigenvalue weighted by molar-refractivity contribution is 6.06. The van der Waals surface area contributed by atoms with E-state index in [0.717, 1.165) is 0 Å². The number of esters is 3. The van der Waals surface area contributed by atoms with Crippen molar-refractivity contribution in [3.63, 3.8) is 0 Å². The van der Waals surface area contributed by atoms with Gasteiger partial charge in [-0.1, -0.05) is 6.07 Å². The minimum atomic E-state index is -1.92. The molecule has 0 saturated carbocycles. The number of carbonyl (C=O) groups is 3. The van der Waals surface area contributed by atoms with E-state index in [-0.39, 0.29) is 31.7 Å². The summed E-state index contributed by atoms with van der Waals surface area (Å²) >= 11 is 0. The Balaban J connectivity index is 3.42. The van der Waals surface area contributed by atoms with Gasteiger partial charge in [-0.05, 0) is 53.2 Å². The van der Waals surface area contributed by atoms with Gasteiger partial charge in [0.15, 0.2) is 0 Å². The molecule has 0 aromatic carbocycles. The van der Waals surface area contributed by atoms with E-state index in [2.05, 4.69) is 4.98 Å². The van der Waals surface area contributed by atoms with Gasteiger partial charge in [-0.25, -0.2) is 4.79 Å². The van der Waals surface area contributed by atoms with Gasteiger partial charge in [-0.3, -0.25) is 20.3 Å². The second kappa shape index (κ2) is 10.5. The summed E-state index contributed by atoms with van der Waals surface area (Å²) in [5.74, 6) is -2.50. The summed E-state index contributed by atoms with van der Waals surface area (Å²) < 4.78 is 21.0. The lowest BCUT2D eigenvalue weighted by atomic mass is 9.77. The van der Waals surface area contributed by atoms with Crippen LogP contribution < -0.4 is 5.73 Å². The van der Waals surface area contributed by atoms with Crippen LogP contribution in [0.3, 0.4) is 0 Å². The molecule has 9 heteroatoms. The quantitative estimate of drug-likeness (QED) is 0.259. The number of methoxy groups -OCH3 is 1. The zero-order valence-corrected chi connectivity index (χ0v) is 18.5. The first-order chi connectivity index (χ1) is 14.0. The van der Waals surface area contributed by atoms with Crippen molar-refractivity contribution < 1.29 is 33.3 Å². The van der Waals surface area contributed by atoms with E-state index < -0.39 is 34.6 Å². The van der Waals surface area contributed by atoms with E-state index >= 15 is 0 Å². The molecule has 0 aliphatic carbocycles. The highest BCUT2D eigenvalue weighted by atomic mass is 16.6. The average molecular weight is 424 g/mol. The fourth-order valence-electron chi connectivity index (χ4n) is 2.77. The smallest absolute Gasteiger partial charge is 0.354 e. The Morgan fingerprint density at radius 1 is 0.967 bits per heavy atom. The van der Waals surface area contributed by atoms with Gasteiger partial charge in [-0.2, -0.15) is 0 Å². The third-order valence-corrected chi connectivity index (χ3v) is 4.33. The van der Waals surface area contributed by atoms with Gasteiger partial charge in [0, 0.05) is 19.7 Å². The molecule has 1 heterocycles. The number of hydrogen-bond donors (Lipinski definition) is 1. The minimum Gasteiger partial charge on any atom is -0.465 e. The standard InChI is InChI=1S/C21H32N2O7/c1-7-28-16(24)20(17(25)29-8-2,15-11-9-10-14-23-15)12-13-21(22,27-6)18(26)30-19(3,4)5/h9-11,14H,7-8,12-13,22H2,1-6H3. The monoisotopic (exact) mass is 424 g/mol. The van der Waals surface area contributed by atoms with Crippen molar-refractivity contribution in [1.29, 1.82) is 0 Å². The van der Waals surface area contributed by atoms with Gasteiger partial charge in [0.25, 0.3) is 0 Å². The molecule has 0 radical (unpaired) electrons. The molecule has 0 saturated heterocycles. The molecule has 0 bridgehead atoms. The summed E-state index contributed by atoms with van der Waals surface area (Å²) in [7, 11) is 1.25. The molecule has 1 unspecified atom stereocenters. The predicted octanol–water partition coefficient (Wildman–Crippen LogP) is 1.87. The summed E-state index contributed by atoms with van der Waals surface area (Å²) in [6.45, 7) is 8.39. The van der Waals surface area contributed by atoms with Crippen LogP contribution >= 0.6 is 0 Å². The lowest BCUT2D eigenvalue weighted by Crippen LogP contribution is -2.55. The highest BCUT2D eigenvalue weighted by Crippen LogP contribution is 2.34. The van der Waals surface area contributed by atoms with Crippen molar-refractivity contribution in [2.45, 2.75) is 64.2 Å². The Kier molecular flexibility index (Phi) is 8.92. The summed E-state index contributed by atoms with van der Waals surface area (Å²) in [6, 6.07) is 4.80.